The van der Waals surface area contributed by atoms with Gasteiger partial charge in [0.25, 0.3) is 0 Å². The van der Waals surface area contributed by atoms with E-state index < -0.39 is 0 Å². The minimum Gasteiger partial charge on any atom is -0.119 e. The molecule has 1 atom stereocenters. The number of hydrogen-bond acceptors (Lipinski definition) is 0. The molecular weight excluding hydrogens is 120 g/mol. The molecule has 0 aromatic heterocycles. The van der Waals surface area contributed by atoms with Gasteiger partial charge in [-0.3, -0.25) is 0 Å². The Morgan fingerprint density at radius 2 is 2.30 bits per heavy atom. The summed E-state index contributed by atoms with van der Waals surface area (Å²) in [6, 6.07) is 0. The van der Waals surface area contributed by atoms with Crippen LogP contribution in [-0.2, 0) is 0 Å². The molecule has 1 aliphatic carbocycles. The summed E-state index contributed by atoms with van der Waals surface area (Å²) in [6.07, 6.45) is 17.1. The molecule has 0 saturated carbocycles. The summed E-state index contributed by atoms with van der Waals surface area (Å²) >= 11 is 0. The van der Waals surface area contributed by atoms with Gasteiger partial charge in [-0.15, -0.1) is 12.8 Å². The van der Waals surface area contributed by atoms with E-state index in [-0.39, 0.29) is 5.92 Å². The Balaban J connectivity index is 2.72. The third-order valence-electron chi connectivity index (χ3n) is 1.48. The maximum absolute atomic E-state index is 5.22. The van der Waals surface area contributed by atoms with Crippen LogP contribution in [0.25, 0.3) is 0 Å². The quantitative estimate of drug-likeness (QED) is 0.436. The average Bonchev–Trinajstić information content (AvgIpc) is 2.05. The maximum Gasteiger partial charge on any atom is 0.0429 e. The van der Waals surface area contributed by atoms with Gasteiger partial charge < -0.3 is 0 Å². The Kier molecular flexibility index (Phi) is 1.98. The van der Waals surface area contributed by atoms with Gasteiger partial charge in [0, 0.05) is 11.5 Å². The zero-order chi connectivity index (χ0) is 7.40. The summed E-state index contributed by atoms with van der Waals surface area (Å²) in [5.74, 6) is 5.43. The van der Waals surface area contributed by atoms with Crippen LogP contribution in [-0.4, -0.2) is 0 Å². The fraction of sp³-hybridized carbons (Fsp3) is 0.200. The highest BCUT2D eigenvalue weighted by Crippen LogP contribution is 2.16. The van der Waals surface area contributed by atoms with Gasteiger partial charge in [0.15, 0.2) is 0 Å². The maximum atomic E-state index is 5.22. The third kappa shape index (κ3) is 1.30. The normalized spacial score (nSPS) is 22.6. The zero-order valence-electron chi connectivity index (χ0n) is 5.67. The predicted octanol–water partition coefficient (Wildman–Crippen LogP) is 1.76. The van der Waals surface area contributed by atoms with Gasteiger partial charge in [0.1, 0.15) is 0 Å². The van der Waals surface area contributed by atoms with Gasteiger partial charge >= 0.3 is 0 Å². The van der Waals surface area contributed by atoms with Gasteiger partial charge in [0.05, 0.1) is 0 Å². The summed E-state index contributed by atoms with van der Waals surface area (Å²) in [5, 5.41) is 0. The second kappa shape index (κ2) is 2.95. The molecule has 0 aromatic carbocycles. The van der Waals surface area contributed by atoms with Crippen LogP contribution in [0.1, 0.15) is 6.42 Å². The first-order valence-corrected chi connectivity index (χ1v) is 3.17. The monoisotopic (exact) mass is 128 g/mol. The Hall–Kier alpha value is -1.40. The fourth-order valence-electron chi connectivity index (χ4n) is 0.900. The molecule has 0 radical (unpaired) electrons. The van der Waals surface area contributed by atoms with E-state index in [1.807, 2.05) is 18.2 Å². The van der Waals surface area contributed by atoms with Crippen molar-refractivity contribution in [2.75, 3.05) is 0 Å². The first-order valence-electron chi connectivity index (χ1n) is 3.17. The molecule has 0 amide bonds. The first kappa shape index (κ1) is 6.72. The van der Waals surface area contributed by atoms with Crippen molar-refractivity contribution in [3.05, 3.63) is 23.8 Å². The lowest BCUT2D eigenvalue weighted by molar-refractivity contribution is 0.831. The van der Waals surface area contributed by atoms with Crippen LogP contribution in [0.5, 0.6) is 0 Å². The summed E-state index contributed by atoms with van der Waals surface area (Å²) in [7, 11) is 0. The van der Waals surface area contributed by atoms with E-state index in [4.69, 9.17) is 12.8 Å². The average molecular weight is 128 g/mol. The lowest BCUT2D eigenvalue weighted by Crippen LogP contribution is -1.97. The number of rotatable bonds is 0. The highest BCUT2D eigenvalue weighted by atomic mass is 14.1. The highest BCUT2D eigenvalue weighted by Gasteiger charge is 2.05. The Bertz CT molecular complexity index is 253. The van der Waals surface area contributed by atoms with Crippen molar-refractivity contribution in [2.45, 2.75) is 6.42 Å². The van der Waals surface area contributed by atoms with E-state index >= 15 is 0 Å². The van der Waals surface area contributed by atoms with Crippen molar-refractivity contribution in [1.29, 1.82) is 0 Å². The van der Waals surface area contributed by atoms with E-state index in [0.29, 0.717) is 0 Å². The van der Waals surface area contributed by atoms with Crippen LogP contribution in [0.2, 0.25) is 0 Å². The standard InChI is InChI=1S/C10H8/c1-3-9-6-5-7-10(4-2)8-9/h1-2,5-7,9H,8H2. The zero-order valence-corrected chi connectivity index (χ0v) is 5.67. The Morgan fingerprint density at radius 1 is 1.50 bits per heavy atom. The van der Waals surface area contributed by atoms with E-state index in [0.717, 1.165) is 12.0 Å². The van der Waals surface area contributed by atoms with Crippen LogP contribution in [0.4, 0.5) is 0 Å². The van der Waals surface area contributed by atoms with E-state index in [2.05, 4.69) is 11.8 Å². The molecule has 0 nitrogen and oxygen atoms in total. The minimum atomic E-state index is 0.205. The lowest BCUT2D eigenvalue weighted by Gasteiger charge is -2.07. The van der Waals surface area contributed by atoms with E-state index in [9.17, 15) is 0 Å². The summed E-state index contributed by atoms with van der Waals surface area (Å²) in [5.41, 5.74) is 0.991. The van der Waals surface area contributed by atoms with Gasteiger partial charge in [-0.25, -0.2) is 0 Å². The number of allylic oxidation sites excluding steroid dienone is 4. The predicted molar refractivity (Wildman–Crippen MR) is 43.0 cm³/mol. The van der Waals surface area contributed by atoms with Crippen LogP contribution in [0.15, 0.2) is 23.8 Å². The molecule has 0 fully saturated rings. The minimum absolute atomic E-state index is 0.205. The fourth-order valence-corrected chi connectivity index (χ4v) is 0.900. The second-order valence-corrected chi connectivity index (χ2v) is 2.20. The summed E-state index contributed by atoms with van der Waals surface area (Å²) in [6.45, 7) is 0. The summed E-state index contributed by atoms with van der Waals surface area (Å²) < 4.78 is 0. The van der Waals surface area contributed by atoms with Crippen molar-refractivity contribution in [3.8, 4) is 24.7 Å². The van der Waals surface area contributed by atoms with E-state index in [1.165, 1.54) is 0 Å². The van der Waals surface area contributed by atoms with Gasteiger partial charge in [-0.05, 0) is 6.42 Å². The molecule has 1 aliphatic rings. The Labute approximate surface area is 61.6 Å². The molecule has 1 rings (SSSR count). The van der Waals surface area contributed by atoms with Crippen LogP contribution >= 0.6 is 0 Å². The second-order valence-electron chi connectivity index (χ2n) is 2.20. The molecule has 0 saturated heterocycles. The van der Waals surface area contributed by atoms with Crippen molar-refractivity contribution >= 4 is 0 Å². The molecule has 0 heteroatoms. The number of terminal acetylenes is 2. The Morgan fingerprint density at radius 3 is 2.90 bits per heavy atom. The van der Waals surface area contributed by atoms with Crippen LogP contribution in [0.3, 0.4) is 0 Å². The lowest BCUT2D eigenvalue weighted by atomic mass is 9.96. The molecule has 0 heterocycles. The molecular formula is C10H8. The number of hydrogen-bond donors (Lipinski definition) is 0. The molecule has 0 aromatic rings. The molecule has 48 valence electrons. The molecule has 10 heavy (non-hydrogen) atoms. The molecule has 0 bridgehead atoms. The van der Waals surface area contributed by atoms with Gasteiger partial charge in [-0.2, -0.15) is 0 Å². The van der Waals surface area contributed by atoms with Crippen LogP contribution < -0.4 is 0 Å². The van der Waals surface area contributed by atoms with E-state index in [1.54, 1.807) is 0 Å². The summed E-state index contributed by atoms with van der Waals surface area (Å²) in [4.78, 5) is 0. The van der Waals surface area contributed by atoms with Crippen molar-refractivity contribution in [2.24, 2.45) is 5.92 Å². The smallest absolute Gasteiger partial charge is 0.0429 e. The van der Waals surface area contributed by atoms with Crippen LogP contribution in [0, 0.1) is 30.6 Å². The highest BCUT2D eigenvalue weighted by molar-refractivity contribution is 5.35. The molecule has 0 aliphatic heterocycles. The first-order chi connectivity index (χ1) is 4.86. The molecule has 0 spiro atoms. The SMILES string of the molecule is C#CC1=CC=CC(C#C)C1. The topological polar surface area (TPSA) is 0 Å². The largest absolute Gasteiger partial charge is 0.119 e. The van der Waals surface area contributed by atoms with Crippen molar-refractivity contribution in [3.63, 3.8) is 0 Å². The van der Waals surface area contributed by atoms with Crippen molar-refractivity contribution < 1.29 is 0 Å². The van der Waals surface area contributed by atoms with Crippen molar-refractivity contribution in [1.82, 2.24) is 0 Å². The third-order valence-corrected chi connectivity index (χ3v) is 1.48. The van der Waals surface area contributed by atoms with Gasteiger partial charge in [-0.1, -0.05) is 30.1 Å². The molecule has 0 N–H and O–H groups in total. The van der Waals surface area contributed by atoms with Gasteiger partial charge in [0.2, 0.25) is 0 Å². The molecule has 1 unspecified atom stereocenters.